The molecule has 5 nitrogen and oxygen atoms in total. The maximum Gasteiger partial charge on any atom is 0.225 e. The first kappa shape index (κ1) is 15.2. The Hall–Kier alpha value is -1.85. The summed E-state index contributed by atoms with van der Waals surface area (Å²) in [4.78, 5) is 25.8. The number of ether oxygens (including phenoxy) is 1. The molecule has 1 heterocycles. The number of rotatable bonds is 5. The Kier molecular flexibility index (Phi) is 4.69. The largest absolute Gasteiger partial charge is 0.482 e. The predicted molar refractivity (Wildman–Crippen MR) is 69.5 cm³/mol. The number of aromatic amines is 1. The molecule has 0 radical (unpaired) electrons. The van der Waals surface area contributed by atoms with E-state index in [1.807, 2.05) is 6.92 Å². The monoisotopic (exact) mass is 270 g/mol. The van der Waals surface area contributed by atoms with Crippen molar-refractivity contribution in [2.24, 2.45) is 5.41 Å². The Bertz CT molecular complexity index is 523. The van der Waals surface area contributed by atoms with Gasteiger partial charge in [0.15, 0.2) is 11.3 Å². The Morgan fingerprint density at radius 3 is 2.63 bits per heavy atom. The third kappa shape index (κ3) is 3.56. The van der Waals surface area contributed by atoms with Gasteiger partial charge in [0.2, 0.25) is 11.9 Å². The van der Waals surface area contributed by atoms with Crippen molar-refractivity contribution in [2.45, 2.75) is 33.7 Å². The van der Waals surface area contributed by atoms with Crippen LogP contribution in [-0.4, -0.2) is 18.0 Å². The summed E-state index contributed by atoms with van der Waals surface area (Å²) in [7, 11) is 1.33. The standard InChI is InChI=1S/C13H19FN2O3/c1-5-13(2,3)12(18)15-7-8-9(17)6-10(19-4)16-11(8)14/h6H,5,7H2,1-4H3,(H,15,18)(H,16,17). The summed E-state index contributed by atoms with van der Waals surface area (Å²) in [6.45, 7) is 5.32. The number of H-pyrrole nitrogens is 1. The van der Waals surface area contributed by atoms with Crippen molar-refractivity contribution in [1.82, 2.24) is 10.3 Å². The minimum Gasteiger partial charge on any atom is -0.482 e. The first-order valence-electron chi connectivity index (χ1n) is 6.05. The second kappa shape index (κ2) is 5.86. The lowest BCUT2D eigenvalue weighted by atomic mass is 9.89. The van der Waals surface area contributed by atoms with Gasteiger partial charge in [-0.05, 0) is 6.42 Å². The highest BCUT2D eigenvalue weighted by molar-refractivity contribution is 5.81. The van der Waals surface area contributed by atoms with Gasteiger partial charge in [0, 0.05) is 11.5 Å². The molecule has 1 aromatic rings. The van der Waals surface area contributed by atoms with Gasteiger partial charge in [0.05, 0.1) is 19.2 Å². The summed E-state index contributed by atoms with van der Waals surface area (Å²) in [5.41, 5.74) is -1.17. The smallest absolute Gasteiger partial charge is 0.225 e. The molecule has 2 N–H and O–H groups in total. The van der Waals surface area contributed by atoms with Crippen LogP contribution in [0, 0.1) is 11.4 Å². The lowest BCUT2D eigenvalue weighted by molar-refractivity contribution is -0.129. The molecule has 1 amide bonds. The number of pyridine rings is 1. The summed E-state index contributed by atoms with van der Waals surface area (Å²) in [6.07, 6.45) is 0.653. The van der Waals surface area contributed by atoms with Gasteiger partial charge in [-0.3, -0.25) is 9.59 Å². The quantitative estimate of drug-likeness (QED) is 0.798. The molecule has 106 valence electrons. The molecule has 0 saturated heterocycles. The van der Waals surface area contributed by atoms with Crippen molar-refractivity contribution in [1.29, 1.82) is 0 Å². The lowest BCUT2D eigenvalue weighted by Gasteiger charge is -2.21. The third-order valence-corrected chi connectivity index (χ3v) is 3.20. The fourth-order valence-corrected chi connectivity index (χ4v) is 1.38. The van der Waals surface area contributed by atoms with Gasteiger partial charge in [-0.1, -0.05) is 20.8 Å². The van der Waals surface area contributed by atoms with E-state index in [1.54, 1.807) is 13.8 Å². The summed E-state index contributed by atoms with van der Waals surface area (Å²) in [5, 5.41) is 2.57. The van der Waals surface area contributed by atoms with Gasteiger partial charge >= 0.3 is 0 Å². The highest BCUT2D eigenvalue weighted by Gasteiger charge is 2.25. The first-order chi connectivity index (χ1) is 8.81. The molecule has 0 aliphatic rings. The number of carbonyl (C=O) groups is 1. The van der Waals surface area contributed by atoms with Gasteiger partial charge in [0.25, 0.3) is 0 Å². The van der Waals surface area contributed by atoms with Crippen molar-refractivity contribution in [2.75, 3.05) is 7.11 Å². The van der Waals surface area contributed by atoms with E-state index in [9.17, 15) is 14.0 Å². The Labute approximate surface area is 111 Å². The summed E-state index contributed by atoms with van der Waals surface area (Å²) >= 11 is 0. The van der Waals surface area contributed by atoms with Crippen LogP contribution in [0.4, 0.5) is 4.39 Å². The van der Waals surface area contributed by atoms with E-state index in [-0.39, 0.29) is 23.9 Å². The number of amides is 1. The SMILES string of the molecule is CCC(C)(C)C(=O)NCc1c(F)[nH]c(OC)cc1=O. The number of methoxy groups -OCH3 is 1. The van der Waals surface area contributed by atoms with Crippen molar-refractivity contribution in [3.05, 3.63) is 27.8 Å². The molecule has 1 aromatic heterocycles. The average Bonchev–Trinajstić information content (AvgIpc) is 2.37. The van der Waals surface area contributed by atoms with Crippen molar-refractivity contribution in [3.63, 3.8) is 0 Å². The Morgan fingerprint density at radius 2 is 2.16 bits per heavy atom. The molecule has 0 fully saturated rings. The molecule has 0 bridgehead atoms. The van der Waals surface area contributed by atoms with Gasteiger partial charge in [-0.2, -0.15) is 4.39 Å². The molecular formula is C13H19FN2O3. The first-order valence-corrected chi connectivity index (χ1v) is 6.05. The van der Waals surface area contributed by atoms with E-state index >= 15 is 0 Å². The van der Waals surface area contributed by atoms with Gasteiger partial charge in [-0.15, -0.1) is 0 Å². The number of hydrogen-bond acceptors (Lipinski definition) is 3. The topological polar surface area (TPSA) is 71.2 Å². The molecule has 0 spiro atoms. The normalized spacial score (nSPS) is 11.2. The van der Waals surface area contributed by atoms with E-state index in [1.165, 1.54) is 7.11 Å². The van der Waals surface area contributed by atoms with Gasteiger partial charge in [-0.25, -0.2) is 0 Å². The minimum atomic E-state index is -0.793. The molecule has 19 heavy (non-hydrogen) atoms. The number of hydrogen-bond donors (Lipinski definition) is 2. The predicted octanol–water partition coefficient (Wildman–Crippen LogP) is 1.57. The number of aromatic nitrogens is 1. The second-order valence-corrected chi connectivity index (χ2v) is 4.91. The maximum absolute atomic E-state index is 13.6. The van der Waals surface area contributed by atoms with Crippen LogP contribution in [0.2, 0.25) is 0 Å². The molecule has 0 aromatic carbocycles. The Balaban J connectivity index is 2.85. The third-order valence-electron chi connectivity index (χ3n) is 3.20. The van der Waals surface area contributed by atoms with Gasteiger partial charge < -0.3 is 15.0 Å². The summed E-state index contributed by atoms with van der Waals surface area (Å²) in [5.74, 6) is -0.963. The maximum atomic E-state index is 13.6. The van der Waals surface area contributed by atoms with Crippen LogP contribution < -0.4 is 15.5 Å². The molecule has 1 rings (SSSR count). The minimum absolute atomic E-state index is 0.0477. The average molecular weight is 270 g/mol. The Morgan fingerprint density at radius 1 is 1.53 bits per heavy atom. The zero-order valence-corrected chi connectivity index (χ0v) is 11.6. The van der Waals surface area contributed by atoms with E-state index in [0.717, 1.165) is 6.07 Å². The highest BCUT2D eigenvalue weighted by Crippen LogP contribution is 2.19. The van der Waals surface area contributed by atoms with Crippen LogP contribution in [0.5, 0.6) is 5.88 Å². The molecule has 6 heteroatoms. The number of carbonyl (C=O) groups excluding carboxylic acids is 1. The second-order valence-electron chi connectivity index (χ2n) is 4.91. The van der Waals surface area contributed by atoms with E-state index in [0.29, 0.717) is 6.42 Å². The van der Waals surface area contributed by atoms with Crippen molar-refractivity contribution >= 4 is 5.91 Å². The molecular weight excluding hydrogens is 251 g/mol. The summed E-state index contributed by atoms with van der Waals surface area (Å²) < 4.78 is 18.4. The molecule has 0 atom stereocenters. The summed E-state index contributed by atoms with van der Waals surface area (Å²) in [6, 6.07) is 1.15. The van der Waals surface area contributed by atoms with Crippen LogP contribution in [0.3, 0.4) is 0 Å². The van der Waals surface area contributed by atoms with E-state index in [2.05, 4.69) is 10.3 Å². The van der Waals surface area contributed by atoms with Crippen LogP contribution in [-0.2, 0) is 11.3 Å². The lowest BCUT2D eigenvalue weighted by Crippen LogP contribution is -2.37. The van der Waals surface area contributed by atoms with Gasteiger partial charge in [0.1, 0.15) is 0 Å². The van der Waals surface area contributed by atoms with Crippen molar-refractivity contribution < 1.29 is 13.9 Å². The van der Waals surface area contributed by atoms with E-state index < -0.39 is 16.8 Å². The zero-order valence-electron chi connectivity index (χ0n) is 11.6. The fourth-order valence-electron chi connectivity index (χ4n) is 1.38. The zero-order chi connectivity index (χ0) is 14.6. The van der Waals surface area contributed by atoms with E-state index in [4.69, 9.17) is 4.74 Å². The van der Waals surface area contributed by atoms with Crippen LogP contribution >= 0.6 is 0 Å². The molecule has 0 saturated carbocycles. The highest BCUT2D eigenvalue weighted by atomic mass is 19.1. The van der Waals surface area contributed by atoms with Crippen LogP contribution in [0.1, 0.15) is 32.8 Å². The number of nitrogens with one attached hydrogen (secondary N) is 2. The molecule has 0 aliphatic heterocycles. The van der Waals surface area contributed by atoms with Crippen molar-refractivity contribution in [3.8, 4) is 5.88 Å². The van der Waals surface area contributed by atoms with Crippen LogP contribution in [0.25, 0.3) is 0 Å². The molecule has 0 unspecified atom stereocenters. The fraction of sp³-hybridized carbons (Fsp3) is 0.538. The molecule has 0 aliphatic carbocycles. The van der Waals surface area contributed by atoms with Crippen LogP contribution in [0.15, 0.2) is 10.9 Å². The number of halogens is 1.